The van der Waals surface area contributed by atoms with Gasteiger partial charge in [-0.1, -0.05) is 12.2 Å². The second-order valence-corrected chi connectivity index (χ2v) is 7.05. The fraction of sp³-hybridized carbons (Fsp3) is 0.556. The van der Waals surface area contributed by atoms with Gasteiger partial charge in [0.25, 0.3) is 0 Å². The van der Waals surface area contributed by atoms with E-state index in [4.69, 9.17) is 35.9 Å². The van der Waals surface area contributed by atoms with Crippen molar-refractivity contribution < 1.29 is 42.9 Å². The van der Waals surface area contributed by atoms with Gasteiger partial charge in [0, 0.05) is 33.9 Å². The highest BCUT2D eigenvalue weighted by Crippen LogP contribution is 2.34. The van der Waals surface area contributed by atoms with Crippen molar-refractivity contribution in [2.45, 2.75) is 58.3 Å². The number of nitrogens with one attached hydrogen (secondary N) is 1. The van der Waals surface area contributed by atoms with Crippen LogP contribution in [-0.2, 0) is 42.9 Å². The summed E-state index contributed by atoms with van der Waals surface area (Å²) in [5, 5.41) is 0. The average Bonchev–Trinajstić information content (AvgIpc) is 2.63. The minimum atomic E-state index is -1.39. The second kappa shape index (κ2) is 10.3. The third kappa shape index (κ3) is 6.46. The van der Waals surface area contributed by atoms with Crippen LogP contribution in [0.1, 0.15) is 33.9 Å². The molecule has 2 heterocycles. The van der Waals surface area contributed by atoms with Crippen LogP contribution in [0, 0.1) is 4.64 Å². The van der Waals surface area contributed by atoms with E-state index >= 15 is 0 Å². The first kappa shape index (κ1) is 24.2. The number of carbonyl (C=O) groups is 4. The molecule has 0 amide bonds. The van der Waals surface area contributed by atoms with Gasteiger partial charge < -0.3 is 23.7 Å². The zero-order chi connectivity index (χ0) is 23.3. The Kier molecular flexibility index (Phi) is 8.05. The number of ether oxygens (including phenoxy) is 5. The molecule has 0 aromatic carbocycles. The van der Waals surface area contributed by atoms with Crippen molar-refractivity contribution in [2.24, 2.45) is 0 Å². The molecule has 12 nitrogen and oxygen atoms in total. The lowest BCUT2D eigenvalue weighted by molar-refractivity contribution is -0.269. The van der Waals surface area contributed by atoms with E-state index in [2.05, 4.69) is 4.98 Å². The lowest BCUT2D eigenvalue weighted by Crippen LogP contribution is -2.61. The largest absolute Gasteiger partial charge is 0.463 e. The van der Waals surface area contributed by atoms with E-state index < -0.39 is 66.8 Å². The highest BCUT2D eigenvalue weighted by Gasteiger charge is 2.53. The molecule has 2 rings (SSSR count). The summed E-state index contributed by atoms with van der Waals surface area (Å²) in [6.45, 7) is 4.09. The van der Waals surface area contributed by atoms with E-state index in [-0.39, 0.29) is 4.64 Å². The maximum Gasteiger partial charge on any atom is 0.328 e. The normalized spacial score (nSPS) is 25.2. The molecule has 170 valence electrons. The first-order valence-electron chi connectivity index (χ1n) is 9.11. The number of rotatable bonds is 6. The molecule has 1 N–H and O–H groups in total. The molecule has 1 aromatic rings. The van der Waals surface area contributed by atoms with Crippen LogP contribution in [0.5, 0.6) is 0 Å². The van der Waals surface area contributed by atoms with Gasteiger partial charge in [0.1, 0.15) is 17.4 Å². The molecular formula is C18H22N2O10S. The topological polar surface area (TPSA) is 152 Å². The Hall–Kier alpha value is -3.06. The first-order valence-corrected chi connectivity index (χ1v) is 9.52. The Morgan fingerprint density at radius 2 is 1.52 bits per heavy atom. The molecule has 13 heteroatoms. The molecule has 0 radical (unpaired) electrons. The van der Waals surface area contributed by atoms with E-state index in [9.17, 15) is 24.0 Å². The lowest BCUT2D eigenvalue weighted by Gasteiger charge is -2.44. The van der Waals surface area contributed by atoms with Crippen LogP contribution in [0.4, 0.5) is 0 Å². The van der Waals surface area contributed by atoms with Gasteiger partial charge in [-0.05, 0) is 6.07 Å². The van der Waals surface area contributed by atoms with Crippen molar-refractivity contribution >= 4 is 36.1 Å². The minimum absolute atomic E-state index is 0.145. The highest BCUT2D eigenvalue weighted by molar-refractivity contribution is 7.71. The summed E-state index contributed by atoms with van der Waals surface area (Å²) in [4.78, 5) is 61.4. The highest BCUT2D eigenvalue weighted by atomic mass is 32.1. The summed E-state index contributed by atoms with van der Waals surface area (Å²) >= 11 is 4.92. The van der Waals surface area contributed by atoms with E-state index in [0.717, 1.165) is 32.3 Å². The quantitative estimate of drug-likeness (QED) is 0.352. The Morgan fingerprint density at radius 3 is 2.03 bits per heavy atom. The molecule has 1 saturated heterocycles. The molecular weight excluding hydrogens is 436 g/mol. The van der Waals surface area contributed by atoms with Gasteiger partial charge in [0.15, 0.2) is 24.5 Å². The van der Waals surface area contributed by atoms with Crippen LogP contribution in [0.25, 0.3) is 0 Å². The van der Waals surface area contributed by atoms with Gasteiger partial charge in [-0.2, -0.15) is 0 Å². The molecule has 1 aliphatic rings. The summed E-state index contributed by atoms with van der Waals surface area (Å²) in [7, 11) is 0. The zero-order valence-corrected chi connectivity index (χ0v) is 18.0. The van der Waals surface area contributed by atoms with Crippen LogP contribution in [0.3, 0.4) is 0 Å². The Balaban J connectivity index is 2.60. The third-order valence-electron chi connectivity index (χ3n) is 4.09. The standard InChI is InChI=1S/C18H22N2O10S/c1-8(21)26-7-12-14(27-9(2)22)15(28-10(3)23)16(29-11(4)24)17(30-12)20-6-5-13(31)19-18(20)25/h5-6,12,14-17H,7H2,1-4H3,(H,19,25,31)/t12-,14+,15+,16-,17-/m1/s1. The fourth-order valence-electron chi connectivity index (χ4n) is 3.06. The molecule has 1 aliphatic heterocycles. The van der Waals surface area contributed by atoms with Crippen LogP contribution in [0.2, 0.25) is 0 Å². The average molecular weight is 458 g/mol. The molecule has 0 bridgehead atoms. The summed E-state index contributed by atoms with van der Waals surface area (Å²) in [5.41, 5.74) is -0.701. The van der Waals surface area contributed by atoms with Crippen LogP contribution in [-0.4, -0.2) is 64.5 Å². The number of aromatic amines is 1. The second-order valence-electron chi connectivity index (χ2n) is 6.61. The monoisotopic (exact) mass is 458 g/mol. The SMILES string of the molecule is CC(=O)OC[C@H]1O[C@@H](n2ccc(=S)[nH]c2=O)[C@H](OC(C)=O)[C@@H](OC(C)=O)[C@H]1OC(C)=O. The van der Waals surface area contributed by atoms with Crippen molar-refractivity contribution in [3.63, 3.8) is 0 Å². The van der Waals surface area contributed by atoms with E-state index in [0.29, 0.717) is 0 Å². The lowest BCUT2D eigenvalue weighted by atomic mass is 9.97. The smallest absolute Gasteiger partial charge is 0.328 e. The Bertz CT molecular complexity index is 971. The van der Waals surface area contributed by atoms with Crippen LogP contribution < -0.4 is 5.69 Å². The van der Waals surface area contributed by atoms with Gasteiger partial charge in [-0.3, -0.25) is 28.7 Å². The number of H-pyrrole nitrogens is 1. The summed E-state index contributed by atoms with van der Waals surface area (Å²) in [6, 6.07) is 1.39. The van der Waals surface area contributed by atoms with E-state index in [1.54, 1.807) is 0 Å². The summed E-state index contributed by atoms with van der Waals surface area (Å²) < 4.78 is 27.9. The number of carbonyl (C=O) groups excluding carboxylic acids is 4. The van der Waals surface area contributed by atoms with Gasteiger partial charge >= 0.3 is 29.6 Å². The van der Waals surface area contributed by atoms with E-state index in [1.807, 2.05) is 0 Å². The predicted octanol–water partition coefficient (Wildman–Crippen LogP) is 0.161. The molecule has 5 atom stereocenters. The Morgan fingerprint density at radius 1 is 0.968 bits per heavy atom. The third-order valence-corrected chi connectivity index (χ3v) is 4.33. The van der Waals surface area contributed by atoms with Gasteiger partial charge in [-0.15, -0.1) is 0 Å². The molecule has 0 saturated carbocycles. The number of hydrogen-bond donors (Lipinski definition) is 1. The number of nitrogens with zero attached hydrogens (tertiary/aromatic N) is 1. The van der Waals surface area contributed by atoms with E-state index in [1.165, 1.54) is 12.3 Å². The zero-order valence-electron chi connectivity index (χ0n) is 17.2. The molecule has 31 heavy (non-hydrogen) atoms. The Labute approximate surface area is 181 Å². The summed E-state index contributed by atoms with van der Waals surface area (Å²) in [6.07, 6.45) is -5.27. The maximum atomic E-state index is 12.5. The van der Waals surface area contributed by atoms with Crippen LogP contribution in [0.15, 0.2) is 17.1 Å². The van der Waals surface area contributed by atoms with Gasteiger partial charge in [0.05, 0.1) is 0 Å². The number of aromatic nitrogens is 2. The van der Waals surface area contributed by atoms with Crippen LogP contribution >= 0.6 is 12.2 Å². The minimum Gasteiger partial charge on any atom is -0.463 e. The molecule has 0 unspecified atom stereocenters. The number of hydrogen-bond acceptors (Lipinski definition) is 11. The van der Waals surface area contributed by atoms with Crippen molar-refractivity contribution in [1.82, 2.24) is 9.55 Å². The fourth-order valence-corrected chi connectivity index (χ4v) is 3.21. The van der Waals surface area contributed by atoms with Gasteiger partial charge in [0.2, 0.25) is 0 Å². The molecule has 0 spiro atoms. The predicted molar refractivity (Wildman–Crippen MR) is 103 cm³/mol. The van der Waals surface area contributed by atoms with Crippen molar-refractivity contribution in [3.8, 4) is 0 Å². The van der Waals surface area contributed by atoms with Crippen molar-refractivity contribution in [3.05, 3.63) is 27.4 Å². The summed E-state index contributed by atoms with van der Waals surface area (Å²) in [5.74, 6) is -2.94. The van der Waals surface area contributed by atoms with Crippen molar-refractivity contribution in [1.29, 1.82) is 0 Å². The molecule has 1 aromatic heterocycles. The first-order chi connectivity index (χ1) is 14.5. The van der Waals surface area contributed by atoms with Gasteiger partial charge in [-0.25, -0.2) is 4.79 Å². The molecule has 0 aliphatic carbocycles. The molecule has 1 fully saturated rings. The number of esters is 4. The van der Waals surface area contributed by atoms with Crippen molar-refractivity contribution in [2.75, 3.05) is 6.61 Å². The maximum absolute atomic E-state index is 12.5.